The zero-order valence-electron chi connectivity index (χ0n) is 11.7. The molecular formula is C15H20N4O. The fourth-order valence-corrected chi connectivity index (χ4v) is 3.34. The average Bonchev–Trinajstić information content (AvgIpc) is 3.15. The highest BCUT2D eigenvalue weighted by Gasteiger charge is 2.29. The van der Waals surface area contributed by atoms with Crippen LogP contribution in [0.4, 0.5) is 5.69 Å². The van der Waals surface area contributed by atoms with Gasteiger partial charge in [0.05, 0.1) is 11.0 Å². The third-order valence-electron chi connectivity index (χ3n) is 4.60. The van der Waals surface area contributed by atoms with E-state index >= 15 is 0 Å². The van der Waals surface area contributed by atoms with Gasteiger partial charge in [-0.3, -0.25) is 9.47 Å². The Morgan fingerprint density at radius 1 is 1.40 bits per heavy atom. The molecule has 0 spiro atoms. The molecule has 1 aliphatic carbocycles. The second kappa shape index (κ2) is 4.12. The average molecular weight is 272 g/mol. The molecule has 2 aliphatic rings. The lowest BCUT2D eigenvalue weighted by Gasteiger charge is -2.27. The van der Waals surface area contributed by atoms with E-state index in [0.717, 1.165) is 42.3 Å². The van der Waals surface area contributed by atoms with Crippen molar-refractivity contribution in [1.82, 2.24) is 14.5 Å². The number of imidazole rings is 1. The summed E-state index contributed by atoms with van der Waals surface area (Å²) in [5.41, 5.74) is 9.75. The van der Waals surface area contributed by atoms with Crippen LogP contribution < -0.4 is 11.4 Å². The number of hydrogen-bond donors (Lipinski definition) is 2. The Bertz CT molecular complexity index is 725. The van der Waals surface area contributed by atoms with Gasteiger partial charge in [0.25, 0.3) is 0 Å². The van der Waals surface area contributed by atoms with Crippen molar-refractivity contribution in [3.63, 3.8) is 0 Å². The Balaban J connectivity index is 1.85. The Kier molecular flexibility index (Phi) is 2.48. The van der Waals surface area contributed by atoms with Crippen molar-refractivity contribution in [2.24, 2.45) is 5.92 Å². The molecule has 1 atom stereocenters. The van der Waals surface area contributed by atoms with Crippen LogP contribution in [0.1, 0.15) is 25.3 Å². The molecule has 5 nitrogen and oxygen atoms in total. The molecule has 1 saturated carbocycles. The summed E-state index contributed by atoms with van der Waals surface area (Å²) in [5, 5.41) is 0. The Labute approximate surface area is 117 Å². The maximum atomic E-state index is 12.2. The van der Waals surface area contributed by atoms with Crippen molar-refractivity contribution in [3.05, 3.63) is 28.2 Å². The lowest BCUT2D eigenvalue weighted by molar-refractivity contribution is 0.181. The smallest absolute Gasteiger partial charge is 0.326 e. The number of nitrogen functional groups attached to an aromatic ring is 1. The number of nitrogens with one attached hydrogen (secondary N) is 1. The van der Waals surface area contributed by atoms with E-state index in [1.165, 1.54) is 18.4 Å². The van der Waals surface area contributed by atoms with Crippen molar-refractivity contribution in [2.75, 3.05) is 12.3 Å². The summed E-state index contributed by atoms with van der Waals surface area (Å²) in [6, 6.07) is 4.25. The number of benzene rings is 1. The van der Waals surface area contributed by atoms with Crippen molar-refractivity contribution in [2.45, 2.75) is 38.9 Å². The van der Waals surface area contributed by atoms with Crippen molar-refractivity contribution in [1.29, 1.82) is 0 Å². The summed E-state index contributed by atoms with van der Waals surface area (Å²) in [4.78, 5) is 17.6. The number of aromatic nitrogens is 2. The molecule has 2 heterocycles. The van der Waals surface area contributed by atoms with Crippen LogP contribution in [0.15, 0.2) is 16.9 Å². The van der Waals surface area contributed by atoms with Gasteiger partial charge in [0, 0.05) is 31.4 Å². The fourth-order valence-electron chi connectivity index (χ4n) is 3.34. The zero-order chi connectivity index (χ0) is 13.9. The van der Waals surface area contributed by atoms with Crippen LogP contribution in [-0.4, -0.2) is 27.0 Å². The predicted molar refractivity (Wildman–Crippen MR) is 79.6 cm³/mol. The monoisotopic (exact) mass is 272 g/mol. The third-order valence-corrected chi connectivity index (χ3v) is 4.60. The molecule has 0 amide bonds. The number of nitrogens with zero attached hydrogens (tertiary/aromatic N) is 2. The normalized spacial score (nSPS) is 23.1. The molecule has 0 bridgehead atoms. The topological polar surface area (TPSA) is 67.0 Å². The summed E-state index contributed by atoms with van der Waals surface area (Å²) >= 11 is 0. The van der Waals surface area contributed by atoms with E-state index in [2.05, 4.69) is 16.8 Å². The van der Waals surface area contributed by atoms with Crippen molar-refractivity contribution < 1.29 is 0 Å². The van der Waals surface area contributed by atoms with Gasteiger partial charge in [0.2, 0.25) is 0 Å². The Morgan fingerprint density at radius 2 is 2.20 bits per heavy atom. The highest BCUT2D eigenvalue weighted by molar-refractivity contribution is 5.83. The summed E-state index contributed by atoms with van der Waals surface area (Å²) in [5.74, 6) is 0.852. The number of hydrogen-bond acceptors (Lipinski definition) is 3. The number of anilines is 1. The van der Waals surface area contributed by atoms with Crippen molar-refractivity contribution >= 4 is 16.7 Å². The lowest BCUT2D eigenvalue weighted by Crippen LogP contribution is -2.37. The molecule has 20 heavy (non-hydrogen) atoms. The van der Waals surface area contributed by atoms with Gasteiger partial charge in [-0.25, -0.2) is 4.79 Å². The number of H-pyrrole nitrogens is 1. The fraction of sp³-hybridized carbons (Fsp3) is 0.533. The molecule has 106 valence electrons. The standard InChI is InChI=1S/C15H20N4O/c1-9-6-19-14-11(8-18(9)7-10-2-3-10)4-12(16)5-13(14)17-15(19)20/h4-5,9-10H,2-3,6-8,16H2,1H3,(H,17,20)/t9-/m0/s1. The van der Waals surface area contributed by atoms with Crippen LogP contribution in [0.3, 0.4) is 0 Å². The number of aromatic amines is 1. The quantitative estimate of drug-likeness (QED) is 0.815. The first-order chi connectivity index (χ1) is 9.61. The summed E-state index contributed by atoms with van der Waals surface area (Å²) in [6.45, 7) is 4.99. The minimum Gasteiger partial charge on any atom is -0.399 e. The van der Waals surface area contributed by atoms with E-state index in [-0.39, 0.29) is 5.69 Å². The summed E-state index contributed by atoms with van der Waals surface area (Å²) in [6.07, 6.45) is 2.70. The highest BCUT2D eigenvalue weighted by Crippen LogP contribution is 2.33. The maximum absolute atomic E-state index is 12.2. The lowest BCUT2D eigenvalue weighted by atomic mass is 10.1. The Hall–Kier alpha value is -1.75. The van der Waals surface area contributed by atoms with Crippen LogP contribution >= 0.6 is 0 Å². The van der Waals surface area contributed by atoms with E-state index < -0.39 is 0 Å². The van der Waals surface area contributed by atoms with E-state index in [1.807, 2.05) is 16.7 Å². The molecule has 4 rings (SSSR count). The minimum atomic E-state index is -0.0213. The van der Waals surface area contributed by atoms with Crippen LogP contribution in [0, 0.1) is 5.92 Å². The molecule has 0 saturated heterocycles. The molecule has 0 radical (unpaired) electrons. The van der Waals surface area contributed by atoms with Gasteiger partial charge in [-0.2, -0.15) is 0 Å². The van der Waals surface area contributed by atoms with Gasteiger partial charge in [-0.1, -0.05) is 0 Å². The molecule has 1 aromatic heterocycles. The second-order valence-electron chi connectivity index (χ2n) is 6.34. The van der Waals surface area contributed by atoms with E-state index in [1.54, 1.807) is 0 Å². The highest BCUT2D eigenvalue weighted by atomic mass is 16.1. The van der Waals surface area contributed by atoms with Crippen molar-refractivity contribution in [3.8, 4) is 0 Å². The number of nitrogens with two attached hydrogens (primary N) is 1. The molecule has 5 heteroatoms. The van der Waals surface area contributed by atoms with Gasteiger partial charge in [-0.05, 0) is 43.4 Å². The number of rotatable bonds is 2. The SMILES string of the molecule is C[C@H]1Cn2c(=O)[nH]c3cc(N)cc(c32)CN1CC1CC1. The molecular weight excluding hydrogens is 252 g/mol. The summed E-state index contributed by atoms with van der Waals surface area (Å²) in [7, 11) is 0. The molecule has 1 aromatic carbocycles. The molecule has 0 unspecified atom stereocenters. The molecule has 3 N–H and O–H groups in total. The minimum absolute atomic E-state index is 0.0213. The van der Waals surface area contributed by atoms with E-state index in [9.17, 15) is 4.79 Å². The van der Waals surface area contributed by atoms with Gasteiger partial charge in [-0.15, -0.1) is 0 Å². The molecule has 1 aliphatic heterocycles. The third kappa shape index (κ3) is 1.85. The van der Waals surface area contributed by atoms with Crippen LogP contribution in [0.25, 0.3) is 11.0 Å². The molecule has 2 aromatic rings. The van der Waals surface area contributed by atoms with E-state index in [4.69, 9.17) is 5.73 Å². The second-order valence-corrected chi connectivity index (χ2v) is 6.34. The van der Waals surface area contributed by atoms with Crippen LogP contribution in [0.2, 0.25) is 0 Å². The first-order valence-electron chi connectivity index (χ1n) is 7.37. The summed E-state index contributed by atoms with van der Waals surface area (Å²) < 4.78 is 1.88. The maximum Gasteiger partial charge on any atom is 0.326 e. The van der Waals surface area contributed by atoms with Gasteiger partial charge in [0.1, 0.15) is 0 Å². The predicted octanol–water partition coefficient (Wildman–Crippen LogP) is 1.53. The van der Waals surface area contributed by atoms with Crippen LogP contribution in [-0.2, 0) is 13.1 Å². The van der Waals surface area contributed by atoms with Gasteiger partial charge in [0.15, 0.2) is 0 Å². The van der Waals surface area contributed by atoms with E-state index in [0.29, 0.717) is 6.04 Å². The van der Waals surface area contributed by atoms with Gasteiger partial charge < -0.3 is 10.7 Å². The zero-order valence-corrected chi connectivity index (χ0v) is 11.7. The molecule has 1 fully saturated rings. The van der Waals surface area contributed by atoms with Gasteiger partial charge >= 0.3 is 5.69 Å². The largest absolute Gasteiger partial charge is 0.399 e. The first-order valence-corrected chi connectivity index (χ1v) is 7.37. The van der Waals surface area contributed by atoms with Crippen LogP contribution in [0.5, 0.6) is 0 Å². The Morgan fingerprint density at radius 3 is 2.95 bits per heavy atom. The first kappa shape index (κ1) is 12.0.